The molecule has 0 radical (unpaired) electrons. The van der Waals surface area contributed by atoms with Crippen LogP contribution in [0, 0.1) is 11.3 Å². The van der Waals surface area contributed by atoms with Crippen LogP contribution in [0.5, 0.6) is 0 Å². The average molecular weight is 345 g/mol. The first-order valence-electron chi connectivity index (χ1n) is 7.76. The van der Waals surface area contributed by atoms with Crippen molar-refractivity contribution in [2.45, 2.75) is 13.0 Å². The SMILES string of the molecule is N#CCCn1cc(C(=O)N2CCOCC2)c(-c2cccc(Cl)c2)n1. The van der Waals surface area contributed by atoms with Crippen molar-refractivity contribution in [2.75, 3.05) is 26.3 Å². The number of hydrogen-bond acceptors (Lipinski definition) is 4. The number of ether oxygens (including phenoxy) is 1. The Labute approximate surface area is 145 Å². The first-order valence-corrected chi connectivity index (χ1v) is 8.14. The zero-order valence-electron chi connectivity index (χ0n) is 13.1. The molecule has 24 heavy (non-hydrogen) atoms. The van der Waals surface area contributed by atoms with Gasteiger partial charge in [0.05, 0.1) is 37.8 Å². The molecule has 1 saturated heterocycles. The van der Waals surface area contributed by atoms with Gasteiger partial charge in [-0.15, -0.1) is 0 Å². The predicted molar refractivity (Wildman–Crippen MR) is 89.6 cm³/mol. The van der Waals surface area contributed by atoms with Crippen LogP contribution in [0.3, 0.4) is 0 Å². The Balaban J connectivity index is 1.97. The summed E-state index contributed by atoms with van der Waals surface area (Å²) in [5, 5.41) is 13.9. The lowest BCUT2D eigenvalue weighted by molar-refractivity contribution is 0.0303. The third-order valence-corrected chi connectivity index (χ3v) is 4.08. The fourth-order valence-corrected chi connectivity index (χ4v) is 2.83. The highest BCUT2D eigenvalue weighted by Gasteiger charge is 2.24. The molecule has 2 aromatic rings. The van der Waals surface area contributed by atoms with Gasteiger partial charge in [-0.2, -0.15) is 10.4 Å². The molecule has 0 N–H and O–H groups in total. The largest absolute Gasteiger partial charge is 0.378 e. The van der Waals surface area contributed by atoms with E-state index in [1.165, 1.54) is 0 Å². The maximum atomic E-state index is 12.9. The van der Waals surface area contributed by atoms with Crippen LogP contribution >= 0.6 is 11.6 Å². The van der Waals surface area contributed by atoms with Gasteiger partial charge < -0.3 is 9.64 Å². The minimum absolute atomic E-state index is 0.0727. The molecule has 7 heteroatoms. The molecule has 0 saturated carbocycles. The summed E-state index contributed by atoms with van der Waals surface area (Å²) >= 11 is 6.08. The summed E-state index contributed by atoms with van der Waals surface area (Å²) < 4.78 is 6.95. The van der Waals surface area contributed by atoms with Crippen molar-refractivity contribution in [3.8, 4) is 17.3 Å². The minimum atomic E-state index is -0.0727. The summed E-state index contributed by atoms with van der Waals surface area (Å²) in [6.07, 6.45) is 2.05. The number of aryl methyl sites for hydroxylation is 1. The van der Waals surface area contributed by atoms with Crippen molar-refractivity contribution in [1.82, 2.24) is 14.7 Å². The number of nitriles is 1. The van der Waals surface area contributed by atoms with Crippen molar-refractivity contribution in [2.24, 2.45) is 0 Å². The van der Waals surface area contributed by atoms with Crippen molar-refractivity contribution in [1.29, 1.82) is 5.26 Å². The Kier molecular flexibility index (Phi) is 5.14. The third-order valence-electron chi connectivity index (χ3n) is 3.84. The van der Waals surface area contributed by atoms with E-state index >= 15 is 0 Å². The molecule has 0 spiro atoms. The maximum absolute atomic E-state index is 12.9. The first kappa shape index (κ1) is 16.5. The van der Waals surface area contributed by atoms with Crippen molar-refractivity contribution >= 4 is 17.5 Å². The van der Waals surface area contributed by atoms with Gasteiger partial charge in [0, 0.05) is 29.9 Å². The standard InChI is InChI=1S/C17H17ClN4O2/c18-14-4-1-3-13(11-14)16-15(12-22(20-16)6-2-5-19)17(23)21-7-9-24-10-8-21/h1,3-4,11-12H,2,6-10H2. The summed E-state index contributed by atoms with van der Waals surface area (Å²) in [6.45, 7) is 2.66. The quantitative estimate of drug-likeness (QED) is 0.854. The summed E-state index contributed by atoms with van der Waals surface area (Å²) in [4.78, 5) is 14.7. The van der Waals surface area contributed by atoms with E-state index in [0.29, 0.717) is 55.5 Å². The number of morpholine rings is 1. The van der Waals surface area contributed by atoms with E-state index in [2.05, 4.69) is 11.2 Å². The summed E-state index contributed by atoms with van der Waals surface area (Å²) in [5.41, 5.74) is 1.90. The molecule has 2 heterocycles. The molecule has 6 nitrogen and oxygen atoms in total. The lowest BCUT2D eigenvalue weighted by atomic mass is 10.1. The molecule has 1 aliphatic rings. The minimum Gasteiger partial charge on any atom is -0.378 e. The fourth-order valence-electron chi connectivity index (χ4n) is 2.64. The number of hydrogen-bond donors (Lipinski definition) is 0. The molecule has 1 fully saturated rings. The third kappa shape index (κ3) is 3.58. The number of carbonyl (C=O) groups is 1. The first-order chi connectivity index (χ1) is 11.7. The second kappa shape index (κ2) is 7.47. The van der Waals surface area contributed by atoms with Crippen LogP contribution in [0.1, 0.15) is 16.8 Å². The highest BCUT2D eigenvalue weighted by Crippen LogP contribution is 2.26. The van der Waals surface area contributed by atoms with E-state index in [-0.39, 0.29) is 5.91 Å². The van der Waals surface area contributed by atoms with Crippen LogP contribution in [0.2, 0.25) is 5.02 Å². The van der Waals surface area contributed by atoms with Crippen LogP contribution in [-0.2, 0) is 11.3 Å². The highest BCUT2D eigenvalue weighted by molar-refractivity contribution is 6.30. The van der Waals surface area contributed by atoms with Gasteiger partial charge in [-0.1, -0.05) is 23.7 Å². The van der Waals surface area contributed by atoms with Gasteiger partial charge in [-0.3, -0.25) is 9.48 Å². The van der Waals surface area contributed by atoms with E-state index in [0.717, 1.165) is 5.56 Å². The lowest BCUT2D eigenvalue weighted by Gasteiger charge is -2.26. The molecule has 1 aliphatic heterocycles. The molecule has 0 bridgehead atoms. The summed E-state index contributed by atoms with van der Waals surface area (Å²) in [7, 11) is 0. The molecule has 0 atom stereocenters. The highest BCUT2D eigenvalue weighted by atomic mass is 35.5. The monoisotopic (exact) mass is 344 g/mol. The number of nitrogens with zero attached hydrogens (tertiary/aromatic N) is 4. The molecule has 1 aromatic heterocycles. The van der Waals surface area contributed by atoms with Crippen molar-refractivity contribution in [3.63, 3.8) is 0 Å². The van der Waals surface area contributed by atoms with Gasteiger partial charge in [0.15, 0.2) is 0 Å². The molecule has 0 unspecified atom stereocenters. The number of amides is 1. The number of carbonyl (C=O) groups excluding carboxylic acids is 1. The average Bonchev–Trinajstić information content (AvgIpc) is 3.04. The zero-order chi connectivity index (χ0) is 16.9. The number of rotatable bonds is 4. The molecule has 124 valence electrons. The van der Waals surface area contributed by atoms with Crippen LogP contribution in [0.25, 0.3) is 11.3 Å². The van der Waals surface area contributed by atoms with Gasteiger partial charge in [0.2, 0.25) is 0 Å². The molecule has 1 amide bonds. The second-order valence-electron chi connectivity index (χ2n) is 5.48. The number of aromatic nitrogens is 2. The topological polar surface area (TPSA) is 71.2 Å². The van der Waals surface area contributed by atoms with E-state index in [1.807, 2.05) is 12.1 Å². The van der Waals surface area contributed by atoms with Crippen LogP contribution in [0.4, 0.5) is 0 Å². The van der Waals surface area contributed by atoms with Gasteiger partial charge in [0.25, 0.3) is 5.91 Å². The van der Waals surface area contributed by atoms with Gasteiger partial charge >= 0.3 is 0 Å². The summed E-state index contributed by atoms with van der Waals surface area (Å²) in [5.74, 6) is -0.0727. The van der Waals surface area contributed by atoms with Crippen molar-refractivity contribution < 1.29 is 9.53 Å². The van der Waals surface area contributed by atoms with Gasteiger partial charge in [-0.25, -0.2) is 0 Å². The number of benzene rings is 1. The van der Waals surface area contributed by atoms with E-state index < -0.39 is 0 Å². The zero-order valence-corrected chi connectivity index (χ0v) is 13.9. The van der Waals surface area contributed by atoms with E-state index in [9.17, 15) is 4.79 Å². The number of halogens is 1. The van der Waals surface area contributed by atoms with Gasteiger partial charge in [-0.05, 0) is 12.1 Å². The Morgan fingerprint density at radius 2 is 2.17 bits per heavy atom. The van der Waals surface area contributed by atoms with Crippen LogP contribution in [-0.4, -0.2) is 46.9 Å². The van der Waals surface area contributed by atoms with Crippen LogP contribution in [0.15, 0.2) is 30.5 Å². The van der Waals surface area contributed by atoms with E-state index in [4.69, 9.17) is 21.6 Å². The van der Waals surface area contributed by atoms with Crippen LogP contribution < -0.4 is 0 Å². The van der Waals surface area contributed by atoms with Gasteiger partial charge in [0.1, 0.15) is 5.69 Å². The molecule has 0 aliphatic carbocycles. The Morgan fingerprint density at radius 1 is 1.38 bits per heavy atom. The maximum Gasteiger partial charge on any atom is 0.257 e. The Morgan fingerprint density at radius 3 is 2.88 bits per heavy atom. The molecular weight excluding hydrogens is 328 g/mol. The van der Waals surface area contributed by atoms with E-state index in [1.54, 1.807) is 27.9 Å². The lowest BCUT2D eigenvalue weighted by Crippen LogP contribution is -2.40. The van der Waals surface area contributed by atoms with Crippen molar-refractivity contribution in [3.05, 3.63) is 41.0 Å². The fraction of sp³-hybridized carbons (Fsp3) is 0.353. The summed E-state index contributed by atoms with van der Waals surface area (Å²) in [6, 6.07) is 9.36. The Bertz CT molecular complexity index is 775. The Hall–Kier alpha value is -2.36. The molecule has 3 rings (SSSR count). The predicted octanol–water partition coefficient (Wildman–Crippen LogP) is 2.59. The second-order valence-corrected chi connectivity index (χ2v) is 5.91. The molecular formula is C17H17ClN4O2. The normalized spacial score (nSPS) is 14.4. The smallest absolute Gasteiger partial charge is 0.257 e. The molecule has 1 aromatic carbocycles.